The molecule has 3 heteroatoms. The van der Waals surface area contributed by atoms with Gasteiger partial charge in [0.05, 0.1) is 12.2 Å². The van der Waals surface area contributed by atoms with Gasteiger partial charge in [0.25, 0.3) is 0 Å². The molecule has 0 aromatic carbocycles. The fourth-order valence-corrected chi connectivity index (χ4v) is 1.37. The quantitative estimate of drug-likeness (QED) is 0.542. The molecule has 0 atom stereocenters. The Morgan fingerprint density at radius 3 is 3.09 bits per heavy atom. The predicted molar refractivity (Wildman–Crippen MR) is 45.2 cm³/mol. The van der Waals surface area contributed by atoms with Crippen molar-refractivity contribution < 1.29 is 0 Å². The maximum atomic E-state index is 5.71. The molecule has 0 bridgehead atoms. The van der Waals surface area contributed by atoms with Crippen molar-refractivity contribution in [1.29, 1.82) is 0 Å². The summed E-state index contributed by atoms with van der Waals surface area (Å²) in [4.78, 5) is 8.40. The molecule has 56 valence electrons. The van der Waals surface area contributed by atoms with Crippen molar-refractivity contribution in [2.45, 2.75) is 13.5 Å². The highest BCUT2D eigenvalue weighted by Crippen LogP contribution is 2.18. The van der Waals surface area contributed by atoms with Gasteiger partial charge in [0, 0.05) is 11.3 Å². The second kappa shape index (κ2) is 2.31. The highest BCUT2D eigenvalue weighted by Gasteiger charge is 2.12. The second-order valence-electron chi connectivity index (χ2n) is 2.53. The second-order valence-corrected chi connectivity index (χ2v) is 2.92. The van der Waals surface area contributed by atoms with E-state index < -0.39 is 0 Å². The van der Waals surface area contributed by atoms with Crippen LogP contribution in [-0.2, 0) is 6.54 Å². The van der Waals surface area contributed by atoms with Gasteiger partial charge in [-0.05, 0) is 19.1 Å². The van der Waals surface area contributed by atoms with Crippen molar-refractivity contribution in [3.63, 3.8) is 0 Å². The van der Waals surface area contributed by atoms with Crippen LogP contribution >= 0.6 is 11.6 Å². The number of hydrogen-bond acceptors (Lipinski definition) is 2. The van der Waals surface area contributed by atoms with E-state index in [0.717, 1.165) is 17.0 Å². The summed E-state index contributed by atoms with van der Waals surface area (Å²) in [6.07, 6.45) is 0. The molecule has 0 unspecified atom stereocenters. The highest BCUT2D eigenvalue weighted by molar-refractivity contribution is 6.29. The summed E-state index contributed by atoms with van der Waals surface area (Å²) in [7, 11) is 0. The lowest BCUT2D eigenvalue weighted by molar-refractivity contribution is 1.02. The minimum atomic E-state index is 0.550. The molecular formula is C8H7ClN2. The summed E-state index contributed by atoms with van der Waals surface area (Å²) < 4.78 is 0. The molecule has 0 N–H and O–H groups in total. The normalized spacial score (nSPS) is 14.5. The van der Waals surface area contributed by atoms with Gasteiger partial charge in [-0.1, -0.05) is 11.6 Å². The van der Waals surface area contributed by atoms with Crippen LogP contribution in [0.25, 0.3) is 0 Å². The Hall–Kier alpha value is -0.890. The van der Waals surface area contributed by atoms with Crippen LogP contribution in [0.3, 0.4) is 0 Å². The van der Waals surface area contributed by atoms with Gasteiger partial charge in [-0.25, -0.2) is 4.98 Å². The van der Waals surface area contributed by atoms with Gasteiger partial charge < -0.3 is 0 Å². The third kappa shape index (κ3) is 1.03. The molecule has 2 heterocycles. The van der Waals surface area contributed by atoms with Crippen LogP contribution < -0.4 is 0 Å². The fraction of sp³-hybridized carbons (Fsp3) is 0.250. The summed E-state index contributed by atoms with van der Waals surface area (Å²) in [6.45, 7) is 2.67. The molecule has 1 aliphatic heterocycles. The molecule has 2 nitrogen and oxygen atoms in total. The van der Waals surface area contributed by atoms with Crippen molar-refractivity contribution in [2.75, 3.05) is 0 Å². The van der Waals surface area contributed by atoms with E-state index in [1.165, 1.54) is 0 Å². The number of aliphatic imine (C=N–C) groups is 1. The van der Waals surface area contributed by atoms with E-state index in [1.54, 1.807) is 6.07 Å². The van der Waals surface area contributed by atoms with E-state index in [2.05, 4.69) is 9.98 Å². The van der Waals surface area contributed by atoms with E-state index in [1.807, 2.05) is 13.0 Å². The molecule has 1 aromatic rings. The SMILES string of the molecule is CC1=NCc2nc(Cl)ccc21. The van der Waals surface area contributed by atoms with Crippen LogP contribution in [-0.4, -0.2) is 10.7 Å². The molecule has 0 amide bonds. The number of hydrogen-bond donors (Lipinski definition) is 0. The van der Waals surface area contributed by atoms with Crippen LogP contribution in [0.2, 0.25) is 5.15 Å². The zero-order valence-corrected chi connectivity index (χ0v) is 6.89. The van der Waals surface area contributed by atoms with Crippen LogP contribution in [0.4, 0.5) is 0 Å². The largest absolute Gasteiger partial charge is 0.283 e. The third-order valence-electron chi connectivity index (χ3n) is 1.80. The van der Waals surface area contributed by atoms with Crippen molar-refractivity contribution in [3.8, 4) is 0 Å². The lowest BCUT2D eigenvalue weighted by Gasteiger charge is -1.96. The summed E-state index contributed by atoms with van der Waals surface area (Å²) >= 11 is 5.71. The number of aromatic nitrogens is 1. The molecular weight excluding hydrogens is 160 g/mol. The first kappa shape index (κ1) is 6.80. The Bertz CT molecular complexity index is 331. The lowest BCUT2D eigenvalue weighted by atomic mass is 10.1. The molecule has 0 radical (unpaired) electrons. The summed E-state index contributed by atoms with van der Waals surface area (Å²) in [6, 6.07) is 3.77. The molecule has 0 fully saturated rings. The Balaban J connectivity index is 2.58. The first-order valence-electron chi connectivity index (χ1n) is 3.44. The first-order chi connectivity index (χ1) is 5.27. The van der Waals surface area contributed by atoms with Crippen molar-refractivity contribution in [3.05, 3.63) is 28.5 Å². The third-order valence-corrected chi connectivity index (χ3v) is 2.01. The molecule has 11 heavy (non-hydrogen) atoms. The van der Waals surface area contributed by atoms with Gasteiger partial charge in [-0.2, -0.15) is 0 Å². The topological polar surface area (TPSA) is 25.2 Å². The van der Waals surface area contributed by atoms with Gasteiger partial charge in [0.15, 0.2) is 0 Å². The van der Waals surface area contributed by atoms with E-state index in [9.17, 15) is 0 Å². The molecule has 1 aromatic heterocycles. The fourth-order valence-electron chi connectivity index (χ4n) is 1.20. The van der Waals surface area contributed by atoms with Crippen LogP contribution in [0.5, 0.6) is 0 Å². The van der Waals surface area contributed by atoms with E-state index in [0.29, 0.717) is 11.7 Å². The van der Waals surface area contributed by atoms with Gasteiger partial charge >= 0.3 is 0 Å². The Labute approximate surface area is 69.9 Å². The monoisotopic (exact) mass is 166 g/mol. The first-order valence-corrected chi connectivity index (χ1v) is 3.82. The Morgan fingerprint density at radius 2 is 2.27 bits per heavy atom. The number of fused-ring (bicyclic) bond motifs is 1. The summed E-state index contributed by atoms with van der Waals surface area (Å²) in [5.74, 6) is 0. The van der Waals surface area contributed by atoms with E-state index in [4.69, 9.17) is 11.6 Å². The standard InChI is InChI=1S/C8H7ClN2/c1-5-6-2-3-8(9)11-7(6)4-10-5/h2-3H,4H2,1H3. The van der Waals surface area contributed by atoms with Crippen LogP contribution in [0, 0.1) is 0 Å². The average Bonchev–Trinajstić information content (AvgIpc) is 2.32. The van der Waals surface area contributed by atoms with Gasteiger partial charge in [-0.3, -0.25) is 4.99 Å². The number of halogens is 1. The van der Waals surface area contributed by atoms with Gasteiger partial charge in [0.1, 0.15) is 5.15 Å². The molecule has 0 aliphatic carbocycles. The maximum absolute atomic E-state index is 5.71. The predicted octanol–water partition coefficient (Wildman–Crippen LogP) is 2.06. The average molecular weight is 167 g/mol. The minimum Gasteiger partial charge on any atom is -0.283 e. The van der Waals surface area contributed by atoms with Crippen LogP contribution in [0.1, 0.15) is 18.2 Å². The number of pyridine rings is 1. The van der Waals surface area contributed by atoms with Crippen molar-refractivity contribution >= 4 is 17.3 Å². The van der Waals surface area contributed by atoms with Gasteiger partial charge in [-0.15, -0.1) is 0 Å². The zero-order valence-electron chi connectivity index (χ0n) is 6.13. The van der Waals surface area contributed by atoms with Crippen LogP contribution in [0.15, 0.2) is 17.1 Å². The molecule has 1 aliphatic rings. The smallest absolute Gasteiger partial charge is 0.129 e. The van der Waals surface area contributed by atoms with Crippen molar-refractivity contribution in [2.24, 2.45) is 4.99 Å². The van der Waals surface area contributed by atoms with Crippen molar-refractivity contribution in [1.82, 2.24) is 4.98 Å². The summed E-state index contributed by atoms with van der Waals surface area (Å²) in [5, 5.41) is 0.550. The lowest BCUT2D eigenvalue weighted by Crippen LogP contribution is -1.93. The molecule has 0 saturated heterocycles. The van der Waals surface area contributed by atoms with Gasteiger partial charge in [0.2, 0.25) is 0 Å². The molecule has 0 spiro atoms. The number of rotatable bonds is 0. The Kier molecular flexibility index (Phi) is 1.43. The molecule has 0 saturated carbocycles. The van der Waals surface area contributed by atoms with E-state index >= 15 is 0 Å². The number of nitrogens with zero attached hydrogens (tertiary/aromatic N) is 2. The zero-order chi connectivity index (χ0) is 7.84. The highest BCUT2D eigenvalue weighted by atomic mass is 35.5. The molecule has 2 rings (SSSR count). The van der Waals surface area contributed by atoms with E-state index in [-0.39, 0.29) is 0 Å². The Morgan fingerprint density at radius 1 is 1.45 bits per heavy atom. The summed E-state index contributed by atoms with van der Waals surface area (Å²) in [5.41, 5.74) is 3.19. The maximum Gasteiger partial charge on any atom is 0.129 e. The minimum absolute atomic E-state index is 0.550.